The van der Waals surface area contributed by atoms with Crippen molar-refractivity contribution in [2.24, 2.45) is 11.1 Å². The van der Waals surface area contributed by atoms with E-state index < -0.39 is 0 Å². The van der Waals surface area contributed by atoms with E-state index in [0.717, 1.165) is 13.1 Å². The molecule has 0 aromatic heterocycles. The predicted octanol–water partition coefficient (Wildman–Crippen LogP) is 0.997. The van der Waals surface area contributed by atoms with Crippen molar-refractivity contribution in [3.8, 4) is 0 Å². The summed E-state index contributed by atoms with van der Waals surface area (Å²) in [5.41, 5.74) is 6.03. The third-order valence-electron chi connectivity index (χ3n) is 3.34. The number of nitrogens with zero attached hydrogens (tertiary/aromatic N) is 2. The molecule has 0 saturated carbocycles. The first-order chi connectivity index (χ1) is 6.94. The highest BCUT2D eigenvalue weighted by atomic mass is 15.3. The van der Waals surface area contributed by atoms with Gasteiger partial charge in [0.15, 0.2) is 0 Å². The predicted molar refractivity (Wildman–Crippen MR) is 66.0 cm³/mol. The van der Waals surface area contributed by atoms with E-state index in [0.29, 0.717) is 6.04 Å². The molecule has 3 heteroatoms. The summed E-state index contributed by atoms with van der Waals surface area (Å²) < 4.78 is 0. The van der Waals surface area contributed by atoms with Gasteiger partial charge in [-0.2, -0.15) is 0 Å². The highest BCUT2D eigenvalue weighted by Crippen LogP contribution is 2.16. The van der Waals surface area contributed by atoms with E-state index in [1.165, 1.54) is 26.2 Å². The molecule has 0 spiro atoms. The number of piperazine rings is 1. The number of nitrogens with two attached hydrogens (primary N) is 1. The highest BCUT2D eigenvalue weighted by Gasteiger charge is 2.24. The van der Waals surface area contributed by atoms with Crippen molar-refractivity contribution in [1.29, 1.82) is 0 Å². The third-order valence-corrected chi connectivity index (χ3v) is 3.34. The molecule has 0 bridgehead atoms. The van der Waals surface area contributed by atoms with E-state index in [1.807, 2.05) is 0 Å². The van der Waals surface area contributed by atoms with Gasteiger partial charge in [-0.15, -0.1) is 0 Å². The molecule has 0 aliphatic carbocycles. The highest BCUT2D eigenvalue weighted by molar-refractivity contribution is 4.80. The zero-order valence-electron chi connectivity index (χ0n) is 10.8. The van der Waals surface area contributed by atoms with Crippen molar-refractivity contribution in [2.75, 3.05) is 39.3 Å². The molecule has 1 heterocycles. The lowest BCUT2D eigenvalue weighted by molar-refractivity contribution is 0.0824. The van der Waals surface area contributed by atoms with Gasteiger partial charge in [0, 0.05) is 38.8 Å². The van der Waals surface area contributed by atoms with Crippen LogP contribution in [0.2, 0.25) is 0 Å². The molecule has 0 atom stereocenters. The Bertz CT molecular complexity index is 181. The molecule has 0 aromatic carbocycles. The van der Waals surface area contributed by atoms with Crippen LogP contribution in [0.4, 0.5) is 0 Å². The third kappa shape index (κ3) is 4.09. The summed E-state index contributed by atoms with van der Waals surface area (Å²) in [4.78, 5) is 5.09. The molecule has 3 nitrogen and oxygen atoms in total. The Hall–Kier alpha value is -0.120. The molecule has 0 radical (unpaired) electrons. The van der Waals surface area contributed by atoms with Crippen LogP contribution in [0.25, 0.3) is 0 Å². The average molecular weight is 213 g/mol. The van der Waals surface area contributed by atoms with Gasteiger partial charge < -0.3 is 10.6 Å². The van der Waals surface area contributed by atoms with Gasteiger partial charge in [0.25, 0.3) is 0 Å². The van der Waals surface area contributed by atoms with Crippen LogP contribution in [0.3, 0.4) is 0 Å². The summed E-state index contributed by atoms with van der Waals surface area (Å²) in [6.45, 7) is 15.8. The van der Waals surface area contributed by atoms with Gasteiger partial charge in [0.05, 0.1) is 0 Å². The molecule has 1 saturated heterocycles. The average Bonchev–Trinajstić information content (AvgIpc) is 2.18. The lowest BCUT2D eigenvalue weighted by atomic mass is 9.93. The van der Waals surface area contributed by atoms with Crippen LogP contribution < -0.4 is 5.73 Å². The largest absolute Gasteiger partial charge is 0.330 e. The monoisotopic (exact) mass is 213 g/mol. The van der Waals surface area contributed by atoms with Gasteiger partial charge in [-0.3, -0.25) is 4.90 Å². The lowest BCUT2D eigenvalue weighted by Gasteiger charge is -2.40. The topological polar surface area (TPSA) is 32.5 Å². The van der Waals surface area contributed by atoms with Crippen LogP contribution in [0.5, 0.6) is 0 Å². The first-order valence-corrected chi connectivity index (χ1v) is 6.11. The van der Waals surface area contributed by atoms with Crippen molar-refractivity contribution < 1.29 is 0 Å². The van der Waals surface area contributed by atoms with Crippen molar-refractivity contribution in [1.82, 2.24) is 9.80 Å². The lowest BCUT2D eigenvalue weighted by Crippen LogP contribution is -2.51. The summed E-state index contributed by atoms with van der Waals surface area (Å²) >= 11 is 0. The molecule has 1 aliphatic heterocycles. The summed E-state index contributed by atoms with van der Waals surface area (Å²) in [5, 5.41) is 0. The molecule has 1 fully saturated rings. The smallest absolute Gasteiger partial charge is 0.0113 e. The number of hydrogen-bond acceptors (Lipinski definition) is 3. The van der Waals surface area contributed by atoms with E-state index in [1.54, 1.807) is 0 Å². The first-order valence-electron chi connectivity index (χ1n) is 6.11. The fourth-order valence-corrected chi connectivity index (χ4v) is 2.11. The van der Waals surface area contributed by atoms with E-state index in [-0.39, 0.29) is 5.41 Å². The molecular weight excluding hydrogens is 186 g/mol. The molecular formula is C12H27N3. The fourth-order valence-electron chi connectivity index (χ4n) is 2.11. The van der Waals surface area contributed by atoms with Crippen molar-refractivity contribution in [2.45, 2.75) is 33.7 Å². The van der Waals surface area contributed by atoms with Gasteiger partial charge in [-0.1, -0.05) is 13.8 Å². The fraction of sp³-hybridized carbons (Fsp3) is 1.00. The van der Waals surface area contributed by atoms with Crippen molar-refractivity contribution in [3.63, 3.8) is 0 Å². The van der Waals surface area contributed by atoms with Crippen LogP contribution in [-0.4, -0.2) is 55.1 Å². The SMILES string of the molecule is CC(C)N1CCN(CC(C)(C)CN)CC1. The van der Waals surface area contributed by atoms with Gasteiger partial charge in [0.2, 0.25) is 0 Å². The molecule has 0 unspecified atom stereocenters. The van der Waals surface area contributed by atoms with E-state index >= 15 is 0 Å². The van der Waals surface area contributed by atoms with Gasteiger partial charge >= 0.3 is 0 Å². The van der Waals surface area contributed by atoms with Crippen LogP contribution in [0.15, 0.2) is 0 Å². The summed E-state index contributed by atoms with van der Waals surface area (Å²) in [6, 6.07) is 0.690. The zero-order valence-corrected chi connectivity index (χ0v) is 10.8. The van der Waals surface area contributed by atoms with Gasteiger partial charge in [-0.25, -0.2) is 0 Å². The standard InChI is InChI=1S/C12H27N3/c1-11(2)15-7-5-14(6-8-15)10-12(3,4)9-13/h11H,5-10,13H2,1-4H3. The van der Waals surface area contributed by atoms with E-state index in [2.05, 4.69) is 37.5 Å². The van der Waals surface area contributed by atoms with Gasteiger partial charge in [-0.05, 0) is 25.8 Å². The minimum absolute atomic E-state index is 0.264. The van der Waals surface area contributed by atoms with Crippen molar-refractivity contribution in [3.05, 3.63) is 0 Å². The van der Waals surface area contributed by atoms with Crippen molar-refractivity contribution >= 4 is 0 Å². The quantitative estimate of drug-likeness (QED) is 0.756. The van der Waals surface area contributed by atoms with Crippen LogP contribution in [0.1, 0.15) is 27.7 Å². The Morgan fingerprint density at radius 2 is 1.67 bits per heavy atom. The Labute approximate surface area is 94.6 Å². The maximum absolute atomic E-state index is 5.76. The van der Waals surface area contributed by atoms with Crippen LogP contribution in [-0.2, 0) is 0 Å². The number of rotatable bonds is 4. The second-order valence-electron chi connectivity index (χ2n) is 5.77. The zero-order chi connectivity index (χ0) is 11.5. The molecule has 0 aromatic rings. The summed E-state index contributed by atoms with van der Waals surface area (Å²) in [5.74, 6) is 0. The molecule has 0 amide bonds. The maximum Gasteiger partial charge on any atom is 0.0113 e. The normalized spacial score (nSPS) is 21.2. The van der Waals surface area contributed by atoms with E-state index in [4.69, 9.17) is 5.73 Å². The Morgan fingerprint density at radius 1 is 1.13 bits per heavy atom. The second kappa shape index (κ2) is 5.28. The Kier molecular flexibility index (Phi) is 4.56. The maximum atomic E-state index is 5.76. The molecule has 1 rings (SSSR count). The molecule has 1 aliphatic rings. The minimum atomic E-state index is 0.264. The van der Waals surface area contributed by atoms with Crippen LogP contribution in [0, 0.1) is 5.41 Å². The van der Waals surface area contributed by atoms with Gasteiger partial charge in [0.1, 0.15) is 0 Å². The molecule has 2 N–H and O–H groups in total. The van der Waals surface area contributed by atoms with Crippen LogP contribution >= 0.6 is 0 Å². The Morgan fingerprint density at radius 3 is 2.07 bits per heavy atom. The summed E-state index contributed by atoms with van der Waals surface area (Å²) in [6.07, 6.45) is 0. The Balaban J connectivity index is 2.32. The second-order valence-corrected chi connectivity index (χ2v) is 5.77. The molecule has 90 valence electrons. The number of hydrogen-bond donors (Lipinski definition) is 1. The molecule has 15 heavy (non-hydrogen) atoms. The first kappa shape index (κ1) is 12.9. The van der Waals surface area contributed by atoms with E-state index in [9.17, 15) is 0 Å². The summed E-state index contributed by atoms with van der Waals surface area (Å²) in [7, 11) is 0. The minimum Gasteiger partial charge on any atom is -0.330 e.